The largest absolute Gasteiger partial charge is 0.497 e. The quantitative estimate of drug-likeness (QED) is 0.714. The third-order valence-electron chi connectivity index (χ3n) is 6.19. The maximum absolute atomic E-state index is 13.0. The fraction of sp³-hybridized carbons (Fsp3) is 0.455. The summed E-state index contributed by atoms with van der Waals surface area (Å²) in [6, 6.07) is 7.13. The van der Waals surface area contributed by atoms with Crippen molar-refractivity contribution in [2.24, 2.45) is 0 Å². The fourth-order valence-electron chi connectivity index (χ4n) is 4.44. The van der Waals surface area contributed by atoms with Crippen molar-refractivity contribution in [1.29, 1.82) is 0 Å². The van der Waals surface area contributed by atoms with Gasteiger partial charge in [0.25, 0.3) is 5.91 Å². The molecule has 31 heavy (non-hydrogen) atoms. The van der Waals surface area contributed by atoms with Crippen molar-refractivity contribution in [3.05, 3.63) is 29.1 Å². The van der Waals surface area contributed by atoms with Gasteiger partial charge in [-0.1, -0.05) is 19.3 Å². The highest BCUT2D eigenvalue weighted by Crippen LogP contribution is 2.39. The predicted molar refractivity (Wildman–Crippen MR) is 118 cm³/mol. The number of thiazole rings is 1. The Labute approximate surface area is 185 Å². The molecule has 1 saturated carbocycles. The van der Waals surface area contributed by atoms with Crippen LogP contribution in [0.5, 0.6) is 5.75 Å². The number of hydrogen-bond acceptors (Lipinski definition) is 6. The SMILES string of the molecule is COc1ccc(-c2nc(NC(=O)CN3C(=O)N(C)C4(CCCCC4)C3=O)sc2C)cc1. The summed E-state index contributed by atoms with van der Waals surface area (Å²) in [5, 5.41) is 3.19. The van der Waals surface area contributed by atoms with Crippen molar-refractivity contribution in [2.75, 3.05) is 26.0 Å². The number of anilines is 1. The van der Waals surface area contributed by atoms with Crippen molar-refractivity contribution < 1.29 is 19.1 Å². The summed E-state index contributed by atoms with van der Waals surface area (Å²) >= 11 is 1.36. The Hall–Kier alpha value is -2.94. The van der Waals surface area contributed by atoms with E-state index in [1.807, 2.05) is 31.2 Å². The molecule has 1 N–H and O–H groups in total. The number of rotatable bonds is 5. The molecule has 2 heterocycles. The van der Waals surface area contributed by atoms with Gasteiger partial charge in [0.15, 0.2) is 5.13 Å². The molecule has 164 valence electrons. The van der Waals surface area contributed by atoms with E-state index in [2.05, 4.69) is 10.3 Å². The van der Waals surface area contributed by atoms with Gasteiger partial charge in [-0.15, -0.1) is 11.3 Å². The molecular formula is C22H26N4O4S. The summed E-state index contributed by atoms with van der Waals surface area (Å²) in [6.45, 7) is 1.63. The van der Waals surface area contributed by atoms with Crippen LogP contribution in [0.2, 0.25) is 0 Å². The number of ether oxygens (including phenoxy) is 1. The van der Waals surface area contributed by atoms with E-state index in [1.54, 1.807) is 14.2 Å². The number of imide groups is 1. The molecule has 1 aromatic heterocycles. The van der Waals surface area contributed by atoms with Crippen LogP contribution in [0, 0.1) is 6.92 Å². The normalized spacial score (nSPS) is 18.0. The summed E-state index contributed by atoms with van der Waals surface area (Å²) in [5.74, 6) is 0.0629. The minimum Gasteiger partial charge on any atom is -0.497 e. The molecule has 1 aliphatic heterocycles. The first kappa shape index (κ1) is 21.3. The van der Waals surface area contributed by atoms with Gasteiger partial charge in [0.1, 0.15) is 17.8 Å². The molecule has 8 nitrogen and oxygen atoms in total. The number of carbonyl (C=O) groups is 3. The molecule has 4 amide bonds. The van der Waals surface area contributed by atoms with Gasteiger partial charge in [0.2, 0.25) is 5.91 Å². The molecule has 0 unspecified atom stereocenters. The number of hydrogen-bond donors (Lipinski definition) is 1. The van der Waals surface area contributed by atoms with E-state index in [0.717, 1.165) is 46.0 Å². The molecule has 1 spiro atoms. The second-order valence-electron chi connectivity index (χ2n) is 8.03. The zero-order valence-electron chi connectivity index (χ0n) is 17.9. The lowest BCUT2D eigenvalue weighted by atomic mass is 9.81. The second-order valence-corrected chi connectivity index (χ2v) is 9.23. The molecule has 2 aromatic rings. The molecule has 9 heteroatoms. The highest BCUT2D eigenvalue weighted by molar-refractivity contribution is 7.16. The molecule has 1 aliphatic carbocycles. The van der Waals surface area contributed by atoms with E-state index < -0.39 is 17.5 Å². The number of aromatic nitrogens is 1. The van der Waals surface area contributed by atoms with E-state index in [4.69, 9.17) is 4.74 Å². The fourth-order valence-corrected chi connectivity index (χ4v) is 5.29. The zero-order chi connectivity index (χ0) is 22.2. The average molecular weight is 443 g/mol. The van der Waals surface area contributed by atoms with Crippen molar-refractivity contribution >= 4 is 34.3 Å². The summed E-state index contributed by atoms with van der Waals surface area (Å²) in [7, 11) is 3.27. The van der Waals surface area contributed by atoms with Crippen LogP contribution >= 0.6 is 11.3 Å². The minimum atomic E-state index is -0.783. The number of aryl methyl sites for hydroxylation is 1. The molecule has 4 rings (SSSR count). The Morgan fingerprint density at radius 2 is 1.87 bits per heavy atom. The smallest absolute Gasteiger partial charge is 0.327 e. The van der Waals surface area contributed by atoms with Crippen molar-refractivity contribution in [2.45, 2.75) is 44.6 Å². The topological polar surface area (TPSA) is 91.8 Å². The van der Waals surface area contributed by atoms with Crippen molar-refractivity contribution in [1.82, 2.24) is 14.8 Å². The lowest BCUT2D eigenvalue weighted by molar-refractivity contribution is -0.136. The lowest BCUT2D eigenvalue weighted by Crippen LogP contribution is -2.49. The first-order valence-electron chi connectivity index (χ1n) is 10.4. The van der Waals surface area contributed by atoms with Gasteiger partial charge in [0.05, 0.1) is 12.8 Å². The van der Waals surface area contributed by atoms with Crippen LogP contribution < -0.4 is 10.1 Å². The summed E-state index contributed by atoms with van der Waals surface area (Å²) in [5.41, 5.74) is 0.910. The number of likely N-dealkylation sites (N-methyl/N-ethyl adjacent to an activating group) is 1. The number of urea groups is 1. The zero-order valence-corrected chi connectivity index (χ0v) is 18.8. The third kappa shape index (κ3) is 3.78. The Bertz CT molecular complexity index is 1010. The van der Waals surface area contributed by atoms with Gasteiger partial charge in [0, 0.05) is 17.5 Å². The first-order valence-corrected chi connectivity index (χ1v) is 11.2. The van der Waals surface area contributed by atoms with E-state index in [0.29, 0.717) is 18.0 Å². The van der Waals surface area contributed by atoms with Gasteiger partial charge in [-0.25, -0.2) is 9.78 Å². The van der Waals surface area contributed by atoms with Gasteiger partial charge >= 0.3 is 6.03 Å². The molecular weight excluding hydrogens is 416 g/mol. The third-order valence-corrected chi connectivity index (χ3v) is 7.08. The molecule has 0 bridgehead atoms. The van der Waals surface area contributed by atoms with Crippen LogP contribution in [0.1, 0.15) is 37.0 Å². The highest BCUT2D eigenvalue weighted by atomic mass is 32.1. The Balaban J connectivity index is 1.45. The standard InChI is InChI=1S/C22H26N4O4S/c1-14-18(15-7-9-16(30-3)10-8-15)24-20(31-14)23-17(27)13-26-19(28)22(25(2)21(26)29)11-5-4-6-12-22/h7-10H,4-6,11-13H2,1-3H3,(H,23,24,27). The monoisotopic (exact) mass is 442 g/mol. The summed E-state index contributed by atoms with van der Waals surface area (Å²) in [4.78, 5) is 46.5. The molecule has 1 aromatic carbocycles. The number of nitrogens with one attached hydrogen (secondary N) is 1. The molecule has 2 fully saturated rings. The number of carbonyl (C=O) groups excluding carboxylic acids is 3. The highest BCUT2D eigenvalue weighted by Gasteiger charge is 2.55. The Kier molecular flexibility index (Phi) is 5.70. The average Bonchev–Trinajstić information content (AvgIpc) is 3.22. The number of nitrogens with zero attached hydrogens (tertiary/aromatic N) is 3. The number of methoxy groups -OCH3 is 1. The van der Waals surface area contributed by atoms with E-state index in [1.165, 1.54) is 16.2 Å². The predicted octanol–water partition coefficient (Wildman–Crippen LogP) is 3.66. The molecule has 2 aliphatic rings. The molecule has 0 radical (unpaired) electrons. The molecule has 0 atom stereocenters. The Morgan fingerprint density at radius 3 is 2.52 bits per heavy atom. The number of amides is 4. The van der Waals surface area contributed by atoms with Crippen LogP contribution in [0.25, 0.3) is 11.3 Å². The van der Waals surface area contributed by atoms with Gasteiger partial charge in [-0.3, -0.25) is 14.5 Å². The number of benzene rings is 1. The van der Waals surface area contributed by atoms with Crippen molar-refractivity contribution in [3.63, 3.8) is 0 Å². The van der Waals surface area contributed by atoms with Crippen LogP contribution in [0.4, 0.5) is 9.93 Å². The summed E-state index contributed by atoms with van der Waals surface area (Å²) in [6.07, 6.45) is 4.20. The summed E-state index contributed by atoms with van der Waals surface area (Å²) < 4.78 is 5.18. The van der Waals surface area contributed by atoms with Crippen LogP contribution in [-0.4, -0.2) is 58.9 Å². The van der Waals surface area contributed by atoms with Crippen LogP contribution in [0.15, 0.2) is 24.3 Å². The minimum absolute atomic E-state index is 0.260. The van der Waals surface area contributed by atoms with Gasteiger partial charge in [-0.2, -0.15) is 0 Å². The van der Waals surface area contributed by atoms with Crippen LogP contribution in [0.3, 0.4) is 0 Å². The van der Waals surface area contributed by atoms with Crippen LogP contribution in [-0.2, 0) is 9.59 Å². The van der Waals surface area contributed by atoms with E-state index in [9.17, 15) is 14.4 Å². The maximum atomic E-state index is 13.0. The van der Waals surface area contributed by atoms with E-state index in [-0.39, 0.29) is 12.5 Å². The van der Waals surface area contributed by atoms with Crippen molar-refractivity contribution in [3.8, 4) is 17.0 Å². The maximum Gasteiger partial charge on any atom is 0.327 e. The second kappa shape index (κ2) is 8.30. The van der Waals surface area contributed by atoms with Gasteiger partial charge in [-0.05, 0) is 44.0 Å². The lowest BCUT2D eigenvalue weighted by Gasteiger charge is -2.35. The first-order chi connectivity index (χ1) is 14.9. The molecule has 1 saturated heterocycles. The van der Waals surface area contributed by atoms with E-state index >= 15 is 0 Å². The Morgan fingerprint density at radius 1 is 1.19 bits per heavy atom. The van der Waals surface area contributed by atoms with Gasteiger partial charge < -0.3 is 15.0 Å².